The molecule has 1 unspecified atom stereocenters. The van der Waals surface area contributed by atoms with Crippen molar-refractivity contribution in [3.63, 3.8) is 0 Å². The van der Waals surface area contributed by atoms with Crippen LogP contribution in [0.15, 0.2) is 11.6 Å². The lowest BCUT2D eigenvalue weighted by atomic mass is 9.45. The molecule has 0 spiro atoms. The van der Waals surface area contributed by atoms with Crippen molar-refractivity contribution in [3.05, 3.63) is 11.6 Å². The first-order chi connectivity index (χ1) is 14.6. The highest BCUT2D eigenvalue weighted by Gasteiger charge is 2.70. The third kappa shape index (κ3) is 3.08. The van der Waals surface area contributed by atoms with Gasteiger partial charge >= 0.3 is 5.97 Å². The van der Waals surface area contributed by atoms with E-state index in [2.05, 4.69) is 6.92 Å². The van der Waals surface area contributed by atoms with Gasteiger partial charge in [0.05, 0.1) is 6.10 Å². The summed E-state index contributed by atoms with van der Waals surface area (Å²) in [6.45, 7) is 5.98. The summed E-state index contributed by atoms with van der Waals surface area (Å²) in [6.07, 6.45) is 6.42. The van der Waals surface area contributed by atoms with Gasteiger partial charge in [0.2, 0.25) is 5.78 Å². The molecule has 0 aromatic carbocycles. The lowest BCUT2D eigenvalue weighted by molar-refractivity contribution is -0.200. The number of aliphatic hydroxyl groups is 1. The fourth-order valence-corrected chi connectivity index (χ4v) is 7.84. The molecule has 4 aliphatic carbocycles. The molecule has 4 aliphatic rings. The van der Waals surface area contributed by atoms with Crippen molar-refractivity contribution >= 4 is 23.8 Å². The molecule has 0 aromatic rings. The van der Waals surface area contributed by atoms with E-state index in [9.17, 15) is 24.3 Å². The quantitative estimate of drug-likeness (QED) is 0.408. The van der Waals surface area contributed by atoms with Crippen LogP contribution < -0.4 is 0 Å². The SMILES string of the molecule is CCCC(=O)O[C@]1(C(=O)C=O)CC[C@H]2[C@@H]3CCC4=CC(=O)CC[C@]4(C)[C@H]3C(O)C[C@@]21C. The number of fused-ring (bicyclic) bond motifs is 5. The second-order valence-electron chi connectivity index (χ2n) is 10.6. The number of aldehydes is 1. The summed E-state index contributed by atoms with van der Waals surface area (Å²) in [5.41, 5.74) is -1.35. The Bertz CT molecular complexity index is 845. The minimum atomic E-state index is -1.49. The highest BCUT2D eigenvalue weighted by Crippen LogP contribution is 2.68. The van der Waals surface area contributed by atoms with Crippen molar-refractivity contribution in [2.75, 3.05) is 0 Å². The Morgan fingerprint density at radius 3 is 2.65 bits per heavy atom. The smallest absolute Gasteiger partial charge is 0.306 e. The standard InChI is InChI=1S/C25H34O6/c1-4-5-21(30)31-25(20(29)14-26)11-9-18-17-7-6-15-12-16(27)8-10-23(15,2)22(17)19(28)13-24(18,25)3/h12,14,17-19,22,28H,4-11,13H2,1-3H3/t17-,18-,19?,22+,23-,24-,25-/m0/s1. The van der Waals surface area contributed by atoms with E-state index in [0.29, 0.717) is 38.4 Å². The van der Waals surface area contributed by atoms with Crippen LogP contribution in [0.5, 0.6) is 0 Å². The first kappa shape index (κ1) is 22.4. The summed E-state index contributed by atoms with van der Waals surface area (Å²) in [5.74, 6) is -0.723. The summed E-state index contributed by atoms with van der Waals surface area (Å²) in [4.78, 5) is 49.1. The van der Waals surface area contributed by atoms with E-state index in [1.807, 2.05) is 13.8 Å². The average Bonchev–Trinajstić information content (AvgIpc) is 3.00. The molecule has 31 heavy (non-hydrogen) atoms. The number of ether oxygens (including phenoxy) is 1. The monoisotopic (exact) mass is 430 g/mol. The topological polar surface area (TPSA) is 97.7 Å². The van der Waals surface area contributed by atoms with Gasteiger partial charge in [0.1, 0.15) is 0 Å². The minimum Gasteiger partial charge on any atom is -0.450 e. The molecule has 1 N–H and O–H groups in total. The Morgan fingerprint density at radius 1 is 1.23 bits per heavy atom. The van der Waals surface area contributed by atoms with Crippen LogP contribution in [0.1, 0.15) is 78.6 Å². The van der Waals surface area contributed by atoms with E-state index in [4.69, 9.17) is 4.74 Å². The molecule has 0 bridgehead atoms. The average molecular weight is 431 g/mol. The molecular weight excluding hydrogens is 396 g/mol. The number of carbonyl (C=O) groups is 4. The van der Waals surface area contributed by atoms with Gasteiger partial charge in [-0.1, -0.05) is 26.3 Å². The number of ketones is 2. The van der Waals surface area contributed by atoms with Crippen LogP contribution in [0.3, 0.4) is 0 Å². The lowest BCUT2D eigenvalue weighted by Gasteiger charge is -2.60. The first-order valence-electron chi connectivity index (χ1n) is 11.8. The number of hydrogen-bond acceptors (Lipinski definition) is 6. The Labute approximate surface area is 183 Å². The zero-order chi connectivity index (χ0) is 22.6. The molecule has 4 rings (SSSR count). The molecule has 0 amide bonds. The van der Waals surface area contributed by atoms with Crippen LogP contribution in [0.4, 0.5) is 0 Å². The zero-order valence-electron chi connectivity index (χ0n) is 18.8. The molecule has 0 aliphatic heterocycles. The van der Waals surface area contributed by atoms with Crippen LogP contribution in [-0.2, 0) is 23.9 Å². The largest absolute Gasteiger partial charge is 0.450 e. The van der Waals surface area contributed by atoms with Crippen molar-refractivity contribution in [2.45, 2.75) is 90.3 Å². The maximum Gasteiger partial charge on any atom is 0.306 e. The van der Waals surface area contributed by atoms with E-state index in [1.54, 1.807) is 6.08 Å². The van der Waals surface area contributed by atoms with E-state index < -0.39 is 28.9 Å². The van der Waals surface area contributed by atoms with E-state index in [-0.39, 0.29) is 35.4 Å². The Morgan fingerprint density at radius 2 is 1.97 bits per heavy atom. The van der Waals surface area contributed by atoms with E-state index >= 15 is 0 Å². The molecule has 7 atom stereocenters. The summed E-state index contributed by atoms with van der Waals surface area (Å²) < 4.78 is 5.85. The van der Waals surface area contributed by atoms with Gasteiger partial charge in [-0.25, -0.2) is 0 Å². The summed E-state index contributed by atoms with van der Waals surface area (Å²) in [7, 11) is 0. The van der Waals surface area contributed by atoms with Crippen molar-refractivity contribution in [1.82, 2.24) is 0 Å². The fraction of sp³-hybridized carbons (Fsp3) is 0.760. The van der Waals surface area contributed by atoms with Crippen LogP contribution in [0.2, 0.25) is 0 Å². The Kier molecular flexibility index (Phi) is 5.52. The van der Waals surface area contributed by atoms with Gasteiger partial charge in [-0.05, 0) is 74.2 Å². The number of Topliss-reactive ketones (excluding diaryl/α,β-unsaturated/α-hetero) is 1. The molecule has 3 saturated carbocycles. The molecule has 170 valence electrons. The van der Waals surface area contributed by atoms with Gasteiger partial charge in [-0.2, -0.15) is 0 Å². The number of aliphatic hydroxyl groups excluding tert-OH is 1. The molecular formula is C25H34O6. The normalized spacial score (nSPS) is 43.9. The number of esters is 1. The Balaban J connectivity index is 1.73. The van der Waals surface area contributed by atoms with E-state index in [0.717, 1.165) is 24.8 Å². The number of hydrogen-bond donors (Lipinski definition) is 1. The fourth-order valence-electron chi connectivity index (χ4n) is 7.84. The molecule has 6 heteroatoms. The van der Waals surface area contributed by atoms with Gasteiger partial charge < -0.3 is 9.84 Å². The highest BCUT2D eigenvalue weighted by atomic mass is 16.6. The predicted molar refractivity (Wildman–Crippen MR) is 113 cm³/mol. The summed E-state index contributed by atoms with van der Waals surface area (Å²) in [6, 6.07) is 0. The highest BCUT2D eigenvalue weighted by molar-refractivity contribution is 6.29. The number of allylic oxidation sites excluding steroid dienone is 1. The van der Waals surface area contributed by atoms with Crippen molar-refractivity contribution in [3.8, 4) is 0 Å². The number of carbonyl (C=O) groups excluding carboxylic acids is 4. The summed E-state index contributed by atoms with van der Waals surface area (Å²) in [5, 5.41) is 11.5. The van der Waals surface area contributed by atoms with Crippen LogP contribution in [0.25, 0.3) is 0 Å². The maximum atomic E-state index is 13.0. The van der Waals surface area contributed by atoms with Crippen molar-refractivity contribution < 1.29 is 29.0 Å². The third-order valence-corrected chi connectivity index (χ3v) is 9.26. The van der Waals surface area contributed by atoms with Gasteiger partial charge in [0.15, 0.2) is 17.7 Å². The van der Waals surface area contributed by atoms with Gasteiger partial charge in [0, 0.05) is 18.3 Å². The minimum absolute atomic E-state index is 0.00662. The number of rotatable bonds is 5. The van der Waals surface area contributed by atoms with Gasteiger partial charge in [0.25, 0.3) is 0 Å². The molecule has 3 fully saturated rings. The zero-order valence-corrected chi connectivity index (χ0v) is 18.8. The predicted octanol–water partition coefficient (Wildman–Crippen LogP) is 3.34. The molecule has 0 heterocycles. The Hall–Kier alpha value is -1.82. The lowest BCUT2D eigenvalue weighted by Crippen LogP contribution is -2.63. The van der Waals surface area contributed by atoms with Gasteiger partial charge in [-0.3, -0.25) is 19.2 Å². The molecule has 0 radical (unpaired) electrons. The van der Waals surface area contributed by atoms with Crippen molar-refractivity contribution in [2.24, 2.45) is 28.6 Å². The maximum absolute atomic E-state index is 13.0. The molecule has 6 nitrogen and oxygen atoms in total. The van der Waals surface area contributed by atoms with Crippen LogP contribution >= 0.6 is 0 Å². The third-order valence-electron chi connectivity index (χ3n) is 9.26. The van der Waals surface area contributed by atoms with Crippen LogP contribution in [-0.4, -0.2) is 40.6 Å². The second kappa shape index (κ2) is 7.65. The van der Waals surface area contributed by atoms with Gasteiger partial charge in [-0.15, -0.1) is 0 Å². The van der Waals surface area contributed by atoms with Crippen LogP contribution in [0, 0.1) is 28.6 Å². The first-order valence-corrected chi connectivity index (χ1v) is 11.8. The van der Waals surface area contributed by atoms with Crippen molar-refractivity contribution in [1.29, 1.82) is 0 Å². The second-order valence-corrected chi connectivity index (χ2v) is 10.6. The molecule has 0 saturated heterocycles. The molecule has 0 aromatic heterocycles. The summed E-state index contributed by atoms with van der Waals surface area (Å²) >= 11 is 0. The van der Waals surface area contributed by atoms with E-state index in [1.165, 1.54) is 0 Å².